The maximum Gasteiger partial charge on any atom is 0.246 e. The molecule has 0 aliphatic rings. The van der Waals surface area contributed by atoms with Crippen LogP contribution in [-0.2, 0) is 5.54 Å². The van der Waals surface area contributed by atoms with E-state index in [0.717, 1.165) is 11.4 Å². The van der Waals surface area contributed by atoms with Crippen LogP contribution < -0.4 is 5.32 Å². The Hall–Kier alpha value is -1.20. The van der Waals surface area contributed by atoms with E-state index in [2.05, 4.69) is 22.4 Å². The molecule has 2 aromatic heterocycles. The molecule has 4 nitrogen and oxygen atoms in total. The Bertz CT molecular complexity index is 448. The van der Waals surface area contributed by atoms with Crippen LogP contribution in [0, 0.1) is 0 Å². The number of hydrogen-bond acceptors (Lipinski definition) is 5. The number of nitrogens with zero attached hydrogens (tertiary/aromatic N) is 2. The third kappa shape index (κ3) is 2.15. The monoisotopic (exact) mass is 237 g/mol. The van der Waals surface area contributed by atoms with E-state index in [4.69, 9.17) is 4.52 Å². The predicted molar refractivity (Wildman–Crippen MR) is 64.3 cm³/mol. The van der Waals surface area contributed by atoms with Crippen LogP contribution in [0.2, 0.25) is 0 Å². The number of hydrogen-bond donors (Lipinski definition) is 1. The number of aromatic nitrogens is 2. The summed E-state index contributed by atoms with van der Waals surface area (Å²) in [6.45, 7) is 6.98. The van der Waals surface area contributed by atoms with Gasteiger partial charge in [-0.05, 0) is 31.8 Å². The van der Waals surface area contributed by atoms with Crippen LogP contribution in [0.25, 0.3) is 10.7 Å². The fourth-order valence-corrected chi connectivity index (χ4v) is 2.15. The Kier molecular flexibility index (Phi) is 3.07. The second-order valence-corrected chi connectivity index (χ2v) is 5.00. The molecule has 0 fully saturated rings. The van der Waals surface area contributed by atoms with E-state index in [1.54, 1.807) is 11.3 Å². The first-order chi connectivity index (χ1) is 7.63. The molecule has 0 atom stereocenters. The molecule has 0 spiro atoms. The van der Waals surface area contributed by atoms with Gasteiger partial charge in [0, 0.05) is 0 Å². The van der Waals surface area contributed by atoms with Gasteiger partial charge in [0.25, 0.3) is 0 Å². The minimum absolute atomic E-state index is 0.280. The zero-order valence-electron chi connectivity index (χ0n) is 9.65. The van der Waals surface area contributed by atoms with Crippen LogP contribution in [0.3, 0.4) is 0 Å². The minimum Gasteiger partial charge on any atom is -0.337 e. The van der Waals surface area contributed by atoms with Crippen LogP contribution in [0.4, 0.5) is 0 Å². The Morgan fingerprint density at radius 2 is 2.31 bits per heavy atom. The van der Waals surface area contributed by atoms with Gasteiger partial charge in [0.1, 0.15) is 0 Å². The highest BCUT2D eigenvalue weighted by atomic mass is 32.1. The second-order valence-electron chi connectivity index (χ2n) is 4.06. The summed E-state index contributed by atoms with van der Waals surface area (Å²) < 4.78 is 5.29. The average molecular weight is 237 g/mol. The molecule has 2 aromatic rings. The third-order valence-corrected chi connectivity index (χ3v) is 3.19. The lowest BCUT2D eigenvalue weighted by Gasteiger charge is -2.20. The van der Waals surface area contributed by atoms with Crippen LogP contribution in [-0.4, -0.2) is 16.7 Å². The fourth-order valence-electron chi connectivity index (χ4n) is 1.50. The maximum atomic E-state index is 5.29. The van der Waals surface area contributed by atoms with Gasteiger partial charge in [0.2, 0.25) is 11.7 Å². The SMILES string of the molecule is CCNC(C)(C)c1nc(-c2cccs2)no1. The van der Waals surface area contributed by atoms with Gasteiger partial charge in [-0.1, -0.05) is 18.1 Å². The number of nitrogens with one attached hydrogen (secondary N) is 1. The summed E-state index contributed by atoms with van der Waals surface area (Å²) in [7, 11) is 0. The molecule has 0 radical (unpaired) electrons. The molecule has 0 bridgehead atoms. The molecule has 0 saturated carbocycles. The van der Waals surface area contributed by atoms with Gasteiger partial charge in [0.05, 0.1) is 10.4 Å². The molecule has 0 aliphatic heterocycles. The van der Waals surface area contributed by atoms with Crippen molar-refractivity contribution in [2.24, 2.45) is 0 Å². The average Bonchev–Trinajstić information content (AvgIpc) is 2.89. The molecule has 2 rings (SSSR count). The fraction of sp³-hybridized carbons (Fsp3) is 0.455. The molecule has 86 valence electrons. The van der Waals surface area contributed by atoms with Gasteiger partial charge in [-0.15, -0.1) is 11.3 Å². The highest BCUT2D eigenvalue weighted by Crippen LogP contribution is 2.25. The van der Waals surface area contributed by atoms with Crippen molar-refractivity contribution < 1.29 is 4.52 Å². The molecule has 0 unspecified atom stereocenters. The minimum atomic E-state index is -0.280. The molecule has 1 N–H and O–H groups in total. The van der Waals surface area contributed by atoms with Gasteiger partial charge in [-0.2, -0.15) is 4.98 Å². The first-order valence-electron chi connectivity index (χ1n) is 5.26. The van der Waals surface area contributed by atoms with Crippen LogP contribution >= 0.6 is 11.3 Å². The summed E-state index contributed by atoms with van der Waals surface area (Å²) in [5.74, 6) is 1.29. The molecular formula is C11H15N3OS. The topological polar surface area (TPSA) is 51.0 Å². The van der Waals surface area contributed by atoms with Gasteiger partial charge in [-0.3, -0.25) is 0 Å². The van der Waals surface area contributed by atoms with Crippen molar-refractivity contribution in [2.75, 3.05) is 6.54 Å². The van der Waals surface area contributed by atoms with E-state index in [0.29, 0.717) is 11.7 Å². The molecule has 0 aliphatic carbocycles. The lowest BCUT2D eigenvalue weighted by Crippen LogP contribution is -2.36. The van der Waals surface area contributed by atoms with Crippen molar-refractivity contribution >= 4 is 11.3 Å². The summed E-state index contributed by atoms with van der Waals surface area (Å²) >= 11 is 1.61. The first kappa shape index (κ1) is 11.3. The van der Waals surface area contributed by atoms with Crippen LogP contribution in [0.5, 0.6) is 0 Å². The quantitative estimate of drug-likeness (QED) is 0.888. The Labute approximate surface area is 98.7 Å². The highest BCUT2D eigenvalue weighted by Gasteiger charge is 2.26. The zero-order valence-corrected chi connectivity index (χ0v) is 10.5. The van der Waals surface area contributed by atoms with Crippen molar-refractivity contribution in [3.05, 3.63) is 23.4 Å². The number of rotatable bonds is 4. The van der Waals surface area contributed by atoms with Crippen molar-refractivity contribution in [1.82, 2.24) is 15.5 Å². The van der Waals surface area contributed by atoms with Crippen molar-refractivity contribution in [1.29, 1.82) is 0 Å². The lowest BCUT2D eigenvalue weighted by molar-refractivity contribution is 0.272. The molecule has 0 amide bonds. The van der Waals surface area contributed by atoms with Crippen molar-refractivity contribution in [3.8, 4) is 10.7 Å². The second kappa shape index (κ2) is 4.35. The molecule has 2 heterocycles. The standard InChI is InChI=1S/C11H15N3OS/c1-4-12-11(2,3)10-13-9(14-15-10)8-6-5-7-16-8/h5-7,12H,4H2,1-3H3. The van der Waals surface area contributed by atoms with Gasteiger partial charge >= 0.3 is 0 Å². The summed E-state index contributed by atoms with van der Waals surface area (Å²) in [5.41, 5.74) is -0.280. The summed E-state index contributed by atoms with van der Waals surface area (Å²) in [6, 6.07) is 3.96. The summed E-state index contributed by atoms with van der Waals surface area (Å²) in [4.78, 5) is 5.44. The van der Waals surface area contributed by atoms with Crippen LogP contribution in [0.15, 0.2) is 22.0 Å². The Morgan fingerprint density at radius 1 is 1.50 bits per heavy atom. The van der Waals surface area contributed by atoms with E-state index >= 15 is 0 Å². The Balaban J connectivity index is 2.26. The Morgan fingerprint density at radius 3 is 2.94 bits per heavy atom. The van der Waals surface area contributed by atoms with Gasteiger partial charge in [0.15, 0.2) is 0 Å². The smallest absolute Gasteiger partial charge is 0.246 e. The zero-order chi connectivity index (χ0) is 11.6. The molecular weight excluding hydrogens is 222 g/mol. The predicted octanol–water partition coefficient (Wildman–Crippen LogP) is 2.64. The summed E-state index contributed by atoms with van der Waals surface area (Å²) in [5, 5.41) is 9.30. The van der Waals surface area contributed by atoms with Crippen molar-refractivity contribution in [2.45, 2.75) is 26.3 Å². The van der Waals surface area contributed by atoms with Gasteiger partial charge in [-0.25, -0.2) is 0 Å². The maximum absolute atomic E-state index is 5.29. The van der Waals surface area contributed by atoms with E-state index in [9.17, 15) is 0 Å². The van der Waals surface area contributed by atoms with E-state index in [1.165, 1.54) is 0 Å². The van der Waals surface area contributed by atoms with Crippen molar-refractivity contribution in [3.63, 3.8) is 0 Å². The van der Waals surface area contributed by atoms with E-state index in [-0.39, 0.29) is 5.54 Å². The normalized spacial score (nSPS) is 11.9. The third-order valence-electron chi connectivity index (χ3n) is 2.32. The largest absolute Gasteiger partial charge is 0.337 e. The van der Waals surface area contributed by atoms with E-state index < -0.39 is 0 Å². The lowest BCUT2D eigenvalue weighted by atomic mass is 10.1. The first-order valence-corrected chi connectivity index (χ1v) is 6.14. The van der Waals surface area contributed by atoms with Crippen LogP contribution in [0.1, 0.15) is 26.7 Å². The molecule has 16 heavy (non-hydrogen) atoms. The molecule has 0 saturated heterocycles. The number of thiophene rings is 1. The molecule has 5 heteroatoms. The molecule has 0 aromatic carbocycles. The summed E-state index contributed by atoms with van der Waals surface area (Å²) in [6.07, 6.45) is 0. The van der Waals surface area contributed by atoms with Gasteiger partial charge < -0.3 is 9.84 Å². The highest BCUT2D eigenvalue weighted by molar-refractivity contribution is 7.13. The van der Waals surface area contributed by atoms with E-state index in [1.807, 2.05) is 31.4 Å².